The Balaban J connectivity index is 2.48. The zero-order chi connectivity index (χ0) is 12.7. The van der Waals surface area contributed by atoms with Crippen LogP contribution in [0.3, 0.4) is 0 Å². The maximum absolute atomic E-state index is 3.38. The molecule has 0 radical (unpaired) electrons. The van der Waals surface area contributed by atoms with Gasteiger partial charge in [-0.2, -0.15) is 11.8 Å². The van der Waals surface area contributed by atoms with Crippen molar-refractivity contribution in [2.45, 2.75) is 45.3 Å². The van der Waals surface area contributed by atoms with Gasteiger partial charge < -0.3 is 10.2 Å². The minimum Gasteiger partial charge on any atom is -0.319 e. The Morgan fingerprint density at radius 2 is 2.18 bits per heavy atom. The summed E-state index contributed by atoms with van der Waals surface area (Å²) in [6.45, 7) is 12.0. The van der Waals surface area contributed by atoms with Crippen LogP contribution in [0.5, 0.6) is 0 Å². The van der Waals surface area contributed by atoms with Gasteiger partial charge in [-0.3, -0.25) is 0 Å². The quantitative estimate of drug-likeness (QED) is 0.756. The van der Waals surface area contributed by atoms with E-state index in [1.807, 2.05) is 0 Å². The van der Waals surface area contributed by atoms with Crippen LogP contribution >= 0.6 is 11.8 Å². The lowest BCUT2D eigenvalue weighted by Gasteiger charge is -2.39. The van der Waals surface area contributed by atoms with Crippen LogP contribution in [0.2, 0.25) is 0 Å². The second-order valence-electron chi connectivity index (χ2n) is 5.73. The first-order valence-corrected chi connectivity index (χ1v) is 8.17. The third-order valence-electron chi connectivity index (χ3n) is 3.74. The van der Waals surface area contributed by atoms with E-state index in [2.05, 4.69) is 49.8 Å². The molecule has 1 aliphatic rings. The molecule has 0 amide bonds. The monoisotopic (exact) mass is 258 g/mol. The number of hydrogen-bond donors (Lipinski definition) is 1. The third kappa shape index (κ3) is 5.19. The fourth-order valence-electron chi connectivity index (χ4n) is 2.96. The number of nitrogens with one attached hydrogen (secondary N) is 1. The molecule has 2 atom stereocenters. The first kappa shape index (κ1) is 15.3. The van der Waals surface area contributed by atoms with Crippen LogP contribution < -0.4 is 5.32 Å². The van der Waals surface area contributed by atoms with Crippen LogP contribution in [-0.2, 0) is 0 Å². The summed E-state index contributed by atoms with van der Waals surface area (Å²) >= 11 is 2.16. The van der Waals surface area contributed by atoms with Crippen molar-refractivity contribution >= 4 is 11.8 Å². The van der Waals surface area contributed by atoms with E-state index in [9.17, 15) is 0 Å². The number of rotatable bonds is 7. The second-order valence-corrected chi connectivity index (χ2v) is 7.14. The van der Waals surface area contributed by atoms with Crippen molar-refractivity contribution in [3.05, 3.63) is 0 Å². The van der Waals surface area contributed by atoms with Gasteiger partial charge in [0, 0.05) is 37.2 Å². The van der Waals surface area contributed by atoms with Gasteiger partial charge in [-0.1, -0.05) is 27.2 Å². The van der Waals surface area contributed by atoms with Crippen molar-refractivity contribution < 1.29 is 0 Å². The van der Waals surface area contributed by atoms with Gasteiger partial charge in [0.1, 0.15) is 0 Å². The van der Waals surface area contributed by atoms with Gasteiger partial charge in [0.25, 0.3) is 0 Å². The molecule has 0 aromatic rings. The summed E-state index contributed by atoms with van der Waals surface area (Å²) in [7, 11) is 2.08. The Hall–Kier alpha value is 0.270. The van der Waals surface area contributed by atoms with Gasteiger partial charge in [-0.15, -0.1) is 0 Å². The Morgan fingerprint density at radius 3 is 2.76 bits per heavy atom. The van der Waals surface area contributed by atoms with Crippen molar-refractivity contribution in [1.29, 1.82) is 0 Å². The van der Waals surface area contributed by atoms with E-state index in [-0.39, 0.29) is 0 Å². The Labute approximate surface area is 112 Å². The van der Waals surface area contributed by atoms with E-state index in [4.69, 9.17) is 0 Å². The summed E-state index contributed by atoms with van der Waals surface area (Å²) in [5.74, 6) is 1.32. The largest absolute Gasteiger partial charge is 0.319 e. The minimum atomic E-state index is 0.448. The number of hydrogen-bond acceptors (Lipinski definition) is 3. The standard InChI is InChI=1S/C14H30N2S/c1-5-7-14(3,11-15-4)12-16-8-9-17-13(6-2)10-16/h13,15H,5-12H2,1-4H3. The van der Waals surface area contributed by atoms with Crippen LogP contribution in [0.15, 0.2) is 0 Å². The minimum absolute atomic E-state index is 0.448. The summed E-state index contributed by atoms with van der Waals surface area (Å²) < 4.78 is 0. The molecular formula is C14H30N2S. The van der Waals surface area contributed by atoms with E-state index < -0.39 is 0 Å². The Kier molecular flexibility index (Phi) is 6.90. The average molecular weight is 258 g/mol. The maximum atomic E-state index is 3.38. The summed E-state index contributed by atoms with van der Waals surface area (Å²) in [6.07, 6.45) is 3.93. The molecule has 1 N–H and O–H groups in total. The molecule has 1 aliphatic heterocycles. The number of nitrogens with zero attached hydrogens (tertiary/aromatic N) is 1. The molecule has 1 rings (SSSR count). The fourth-order valence-corrected chi connectivity index (χ4v) is 4.21. The first-order valence-electron chi connectivity index (χ1n) is 7.12. The Bertz CT molecular complexity index is 202. The van der Waals surface area contributed by atoms with Crippen LogP contribution in [-0.4, -0.2) is 49.1 Å². The molecule has 2 unspecified atom stereocenters. The van der Waals surface area contributed by atoms with E-state index in [0.29, 0.717) is 5.41 Å². The lowest BCUT2D eigenvalue weighted by Crippen LogP contribution is -2.46. The predicted molar refractivity (Wildman–Crippen MR) is 79.9 cm³/mol. The van der Waals surface area contributed by atoms with E-state index >= 15 is 0 Å². The molecule has 2 nitrogen and oxygen atoms in total. The highest BCUT2D eigenvalue weighted by atomic mass is 32.2. The molecule has 17 heavy (non-hydrogen) atoms. The van der Waals surface area contributed by atoms with E-state index in [0.717, 1.165) is 11.8 Å². The summed E-state index contributed by atoms with van der Waals surface area (Å²) in [5.41, 5.74) is 0.448. The van der Waals surface area contributed by atoms with Crippen molar-refractivity contribution in [2.75, 3.05) is 39.0 Å². The number of thioether (sulfide) groups is 1. The zero-order valence-electron chi connectivity index (χ0n) is 12.1. The third-order valence-corrected chi connectivity index (χ3v) is 5.11. The van der Waals surface area contributed by atoms with E-state index in [1.54, 1.807) is 0 Å². The predicted octanol–water partition coefficient (Wildman–Crippen LogP) is 2.84. The van der Waals surface area contributed by atoms with Crippen molar-refractivity contribution in [1.82, 2.24) is 10.2 Å². The molecule has 0 spiro atoms. The average Bonchev–Trinajstić information content (AvgIpc) is 2.29. The normalized spacial score (nSPS) is 25.8. The molecule has 0 saturated carbocycles. The lowest BCUT2D eigenvalue weighted by atomic mass is 9.84. The molecule has 0 aromatic carbocycles. The van der Waals surface area contributed by atoms with Gasteiger partial charge in [0.05, 0.1) is 0 Å². The van der Waals surface area contributed by atoms with Crippen LogP contribution in [0.1, 0.15) is 40.0 Å². The van der Waals surface area contributed by atoms with Crippen LogP contribution in [0.4, 0.5) is 0 Å². The highest BCUT2D eigenvalue weighted by molar-refractivity contribution is 8.00. The van der Waals surface area contributed by atoms with Gasteiger partial charge in [0.15, 0.2) is 0 Å². The highest BCUT2D eigenvalue weighted by Crippen LogP contribution is 2.27. The summed E-state index contributed by atoms with van der Waals surface area (Å²) in [5, 5.41) is 4.24. The fraction of sp³-hybridized carbons (Fsp3) is 1.00. The lowest BCUT2D eigenvalue weighted by molar-refractivity contribution is 0.154. The molecule has 0 aliphatic carbocycles. The van der Waals surface area contributed by atoms with Gasteiger partial charge >= 0.3 is 0 Å². The molecule has 3 heteroatoms. The SMILES string of the molecule is CCCC(C)(CNC)CN1CCSC(CC)C1. The maximum Gasteiger partial charge on any atom is 0.0172 e. The van der Waals surface area contributed by atoms with Gasteiger partial charge in [-0.25, -0.2) is 0 Å². The second kappa shape index (κ2) is 7.65. The highest BCUT2D eigenvalue weighted by Gasteiger charge is 2.28. The smallest absolute Gasteiger partial charge is 0.0172 e. The topological polar surface area (TPSA) is 15.3 Å². The molecule has 0 bridgehead atoms. The summed E-state index contributed by atoms with van der Waals surface area (Å²) in [4.78, 5) is 2.69. The zero-order valence-corrected chi connectivity index (χ0v) is 12.9. The molecule has 1 heterocycles. The van der Waals surface area contributed by atoms with Crippen molar-refractivity contribution in [3.8, 4) is 0 Å². The van der Waals surface area contributed by atoms with Crippen LogP contribution in [0.25, 0.3) is 0 Å². The van der Waals surface area contributed by atoms with E-state index in [1.165, 1.54) is 44.6 Å². The molecule has 0 aromatic heterocycles. The first-order chi connectivity index (χ1) is 8.13. The van der Waals surface area contributed by atoms with Crippen LogP contribution in [0, 0.1) is 5.41 Å². The molecule has 1 saturated heterocycles. The summed E-state index contributed by atoms with van der Waals surface area (Å²) in [6, 6.07) is 0. The van der Waals surface area contributed by atoms with Crippen molar-refractivity contribution in [3.63, 3.8) is 0 Å². The molecule has 1 fully saturated rings. The van der Waals surface area contributed by atoms with Gasteiger partial charge in [0.2, 0.25) is 0 Å². The van der Waals surface area contributed by atoms with Crippen molar-refractivity contribution in [2.24, 2.45) is 5.41 Å². The molecule has 102 valence electrons. The van der Waals surface area contributed by atoms with Gasteiger partial charge in [-0.05, 0) is 25.3 Å². The Morgan fingerprint density at radius 1 is 1.41 bits per heavy atom. The molecular weight excluding hydrogens is 228 g/mol.